The van der Waals surface area contributed by atoms with E-state index in [4.69, 9.17) is 9.52 Å². The number of carboxylic acid groups (broad SMARTS) is 1. The molecule has 19 heavy (non-hydrogen) atoms. The van der Waals surface area contributed by atoms with Crippen molar-refractivity contribution in [3.63, 3.8) is 0 Å². The summed E-state index contributed by atoms with van der Waals surface area (Å²) >= 11 is 0. The van der Waals surface area contributed by atoms with Gasteiger partial charge in [0.2, 0.25) is 5.76 Å². The summed E-state index contributed by atoms with van der Waals surface area (Å²) in [4.78, 5) is 18.9. The third kappa shape index (κ3) is 3.31. The highest BCUT2D eigenvalue weighted by Crippen LogP contribution is 2.21. The number of nitrogens with one attached hydrogen (secondary N) is 1. The topological polar surface area (TPSA) is 88.2 Å². The van der Waals surface area contributed by atoms with Crippen LogP contribution in [-0.4, -0.2) is 27.6 Å². The molecule has 0 aliphatic carbocycles. The van der Waals surface area contributed by atoms with Gasteiger partial charge in [-0.1, -0.05) is 13.8 Å². The predicted molar refractivity (Wildman–Crippen MR) is 70.0 cm³/mol. The molecule has 2 heterocycles. The van der Waals surface area contributed by atoms with E-state index >= 15 is 0 Å². The Morgan fingerprint density at radius 2 is 2.21 bits per heavy atom. The summed E-state index contributed by atoms with van der Waals surface area (Å²) in [5.41, 5.74) is 0.550. The molecule has 2 rings (SSSR count). The fourth-order valence-electron chi connectivity index (χ4n) is 1.49. The summed E-state index contributed by atoms with van der Waals surface area (Å²) in [6.45, 7) is 5.00. The zero-order valence-electron chi connectivity index (χ0n) is 10.8. The molecule has 100 valence electrons. The molecule has 6 nitrogen and oxygen atoms in total. The van der Waals surface area contributed by atoms with Gasteiger partial charge < -0.3 is 14.8 Å². The Balaban J connectivity index is 2.19. The predicted octanol–water partition coefficient (Wildman–Crippen LogP) is 2.50. The third-order valence-corrected chi connectivity index (χ3v) is 2.43. The minimum atomic E-state index is -1.10. The fraction of sp³-hybridized carbons (Fsp3) is 0.308. The molecule has 0 saturated heterocycles. The van der Waals surface area contributed by atoms with E-state index in [0.717, 1.165) is 6.54 Å². The molecule has 2 aromatic rings. The minimum Gasteiger partial charge on any atom is -0.475 e. The smallest absolute Gasteiger partial charge is 0.371 e. The van der Waals surface area contributed by atoms with E-state index in [1.54, 1.807) is 12.1 Å². The lowest BCUT2D eigenvalue weighted by molar-refractivity contribution is 0.0663. The molecule has 0 fully saturated rings. The van der Waals surface area contributed by atoms with Crippen molar-refractivity contribution < 1.29 is 14.3 Å². The summed E-state index contributed by atoms with van der Waals surface area (Å²) in [6.07, 6.45) is 1.42. The van der Waals surface area contributed by atoms with Crippen LogP contribution in [-0.2, 0) is 0 Å². The van der Waals surface area contributed by atoms with Gasteiger partial charge in [0.25, 0.3) is 0 Å². The number of hydrogen-bond acceptors (Lipinski definition) is 5. The largest absolute Gasteiger partial charge is 0.475 e. The monoisotopic (exact) mass is 261 g/mol. The third-order valence-electron chi connectivity index (χ3n) is 2.43. The van der Waals surface area contributed by atoms with Crippen LogP contribution in [0.15, 0.2) is 28.9 Å². The first-order valence-corrected chi connectivity index (χ1v) is 5.95. The van der Waals surface area contributed by atoms with Crippen LogP contribution < -0.4 is 5.32 Å². The highest BCUT2D eigenvalue weighted by molar-refractivity contribution is 5.85. The Hall–Kier alpha value is -2.37. The van der Waals surface area contributed by atoms with Crippen molar-refractivity contribution in [2.75, 3.05) is 11.9 Å². The van der Waals surface area contributed by atoms with E-state index in [2.05, 4.69) is 29.1 Å². The normalized spacial score (nSPS) is 10.7. The summed E-state index contributed by atoms with van der Waals surface area (Å²) < 4.78 is 5.19. The van der Waals surface area contributed by atoms with Gasteiger partial charge in [0.05, 0.1) is 0 Å². The van der Waals surface area contributed by atoms with Crippen molar-refractivity contribution in [1.82, 2.24) is 9.97 Å². The number of rotatable bonds is 5. The first-order valence-electron chi connectivity index (χ1n) is 5.95. The number of nitrogens with zero attached hydrogens (tertiary/aromatic N) is 2. The molecule has 6 heteroatoms. The van der Waals surface area contributed by atoms with Crippen molar-refractivity contribution in [1.29, 1.82) is 0 Å². The summed E-state index contributed by atoms with van der Waals surface area (Å²) in [6, 6.07) is 4.71. The molecule has 0 aliphatic heterocycles. The number of aromatic carboxylic acids is 1. The maximum absolute atomic E-state index is 10.8. The standard InChI is InChI=1S/C13H15N3O3/c1-8(2)6-14-12-5-9(15-7-16-12)10-3-4-11(19-10)13(17)18/h3-5,7-8H,6H2,1-2H3,(H,17,18)(H,14,15,16). The van der Waals surface area contributed by atoms with Gasteiger partial charge in [0.15, 0.2) is 5.76 Å². The van der Waals surface area contributed by atoms with Crippen molar-refractivity contribution in [2.24, 2.45) is 5.92 Å². The van der Waals surface area contributed by atoms with Gasteiger partial charge in [0.1, 0.15) is 17.8 Å². The van der Waals surface area contributed by atoms with Crippen molar-refractivity contribution >= 4 is 11.8 Å². The number of furan rings is 1. The minimum absolute atomic E-state index is 0.106. The molecule has 0 spiro atoms. The Morgan fingerprint density at radius 3 is 2.84 bits per heavy atom. The van der Waals surface area contributed by atoms with Gasteiger partial charge in [-0.3, -0.25) is 0 Å². The number of anilines is 1. The van der Waals surface area contributed by atoms with Crippen molar-refractivity contribution in [3.05, 3.63) is 30.3 Å². The molecular formula is C13H15N3O3. The van der Waals surface area contributed by atoms with E-state index in [0.29, 0.717) is 23.2 Å². The van der Waals surface area contributed by atoms with E-state index < -0.39 is 5.97 Å². The van der Waals surface area contributed by atoms with E-state index in [1.165, 1.54) is 12.4 Å². The molecule has 0 aromatic carbocycles. The second-order valence-corrected chi connectivity index (χ2v) is 4.53. The molecule has 0 aliphatic rings. The van der Waals surface area contributed by atoms with Crippen LogP contribution >= 0.6 is 0 Å². The Bertz CT molecular complexity index is 578. The molecule has 0 atom stereocenters. The van der Waals surface area contributed by atoms with E-state index in [9.17, 15) is 4.79 Å². The zero-order chi connectivity index (χ0) is 13.8. The number of carboxylic acids is 1. The second kappa shape index (κ2) is 5.51. The Labute approximate surface area is 110 Å². The van der Waals surface area contributed by atoms with Crippen LogP contribution in [0, 0.1) is 5.92 Å². The lowest BCUT2D eigenvalue weighted by atomic mass is 10.2. The Morgan fingerprint density at radius 1 is 1.42 bits per heavy atom. The van der Waals surface area contributed by atoms with Crippen LogP contribution in [0.1, 0.15) is 24.4 Å². The molecule has 0 bridgehead atoms. The van der Waals surface area contributed by atoms with Gasteiger partial charge in [-0.05, 0) is 18.1 Å². The first-order chi connectivity index (χ1) is 9.06. The maximum atomic E-state index is 10.8. The molecule has 0 unspecified atom stereocenters. The average molecular weight is 261 g/mol. The van der Waals surface area contributed by atoms with Gasteiger partial charge in [0, 0.05) is 12.6 Å². The molecule has 0 amide bonds. The van der Waals surface area contributed by atoms with E-state index in [1.807, 2.05) is 0 Å². The van der Waals surface area contributed by atoms with Crippen LogP contribution in [0.4, 0.5) is 5.82 Å². The van der Waals surface area contributed by atoms with Crippen LogP contribution in [0.5, 0.6) is 0 Å². The quantitative estimate of drug-likeness (QED) is 0.859. The fourth-order valence-corrected chi connectivity index (χ4v) is 1.49. The molecule has 0 radical (unpaired) electrons. The highest BCUT2D eigenvalue weighted by Gasteiger charge is 2.11. The van der Waals surface area contributed by atoms with E-state index in [-0.39, 0.29) is 5.76 Å². The SMILES string of the molecule is CC(C)CNc1cc(-c2ccc(C(=O)O)o2)ncn1. The van der Waals surface area contributed by atoms with Crippen LogP contribution in [0.2, 0.25) is 0 Å². The van der Waals surface area contributed by atoms with Crippen LogP contribution in [0.3, 0.4) is 0 Å². The number of carbonyl (C=O) groups is 1. The zero-order valence-corrected chi connectivity index (χ0v) is 10.8. The lowest BCUT2D eigenvalue weighted by Crippen LogP contribution is -2.09. The first kappa shape index (κ1) is 13.1. The maximum Gasteiger partial charge on any atom is 0.371 e. The molecule has 2 N–H and O–H groups in total. The highest BCUT2D eigenvalue weighted by atomic mass is 16.4. The summed E-state index contributed by atoms with van der Waals surface area (Å²) in [5, 5.41) is 12.0. The molecule has 2 aromatic heterocycles. The second-order valence-electron chi connectivity index (χ2n) is 4.53. The molecule has 0 saturated carbocycles. The summed E-state index contributed by atoms with van der Waals surface area (Å²) in [7, 11) is 0. The van der Waals surface area contributed by atoms with Gasteiger partial charge in [-0.25, -0.2) is 14.8 Å². The van der Waals surface area contributed by atoms with Gasteiger partial charge in [-0.2, -0.15) is 0 Å². The van der Waals surface area contributed by atoms with Gasteiger partial charge >= 0.3 is 5.97 Å². The van der Waals surface area contributed by atoms with Crippen LogP contribution in [0.25, 0.3) is 11.5 Å². The van der Waals surface area contributed by atoms with Crippen molar-refractivity contribution in [3.8, 4) is 11.5 Å². The molecular weight excluding hydrogens is 246 g/mol. The number of aromatic nitrogens is 2. The van der Waals surface area contributed by atoms with Gasteiger partial charge in [-0.15, -0.1) is 0 Å². The number of hydrogen-bond donors (Lipinski definition) is 2. The van der Waals surface area contributed by atoms with Crippen molar-refractivity contribution in [2.45, 2.75) is 13.8 Å². The average Bonchev–Trinajstić information content (AvgIpc) is 2.86. The Kier molecular flexibility index (Phi) is 3.79. The lowest BCUT2D eigenvalue weighted by Gasteiger charge is -2.08. The summed E-state index contributed by atoms with van der Waals surface area (Å²) in [5.74, 6) is 0.392.